The summed E-state index contributed by atoms with van der Waals surface area (Å²) in [6, 6.07) is 10.5. The third-order valence-corrected chi connectivity index (χ3v) is 2.74. The van der Waals surface area contributed by atoms with Gasteiger partial charge < -0.3 is 5.32 Å². The van der Waals surface area contributed by atoms with Gasteiger partial charge in [0, 0.05) is 30.7 Å². The predicted molar refractivity (Wildman–Crippen MR) is 68.5 cm³/mol. The molecule has 0 saturated heterocycles. The average Bonchev–Trinajstić information content (AvgIpc) is 2.37. The Labute approximate surface area is 102 Å². The number of pyridine rings is 2. The van der Waals surface area contributed by atoms with Crippen molar-refractivity contribution in [1.82, 2.24) is 15.3 Å². The molecule has 0 aromatic carbocycles. The van der Waals surface area contributed by atoms with E-state index in [1.54, 1.807) is 0 Å². The summed E-state index contributed by atoms with van der Waals surface area (Å²) in [7, 11) is 0. The van der Waals surface area contributed by atoms with Crippen LogP contribution in [-0.2, 0) is 6.54 Å². The van der Waals surface area contributed by atoms with E-state index in [9.17, 15) is 0 Å². The fraction of sp³-hybridized carbons (Fsp3) is 0.286. The van der Waals surface area contributed by atoms with Crippen LogP contribution >= 0.6 is 0 Å². The summed E-state index contributed by atoms with van der Waals surface area (Å²) in [5.74, 6) is 0. The van der Waals surface area contributed by atoms with Crippen LogP contribution in [0.2, 0.25) is 0 Å². The van der Waals surface area contributed by atoms with Crippen molar-refractivity contribution in [2.24, 2.45) is 0 Å². The maximum Gasteiger partial charge on any atom is 0.0545 e. The van der Waals surface area contributed by atoms with E-state index in [0.29, 0.717) is 6.04 Å². The van der Waals surface area contributed by atoms with E-state index < -0.39 is 0 Å². The Balaban J connectivity index is 1.95. The summed E-state index contributed by atoms with van der Waals surface area (Å²) in [4.78, 5) is 8.48. The largest absolute Gasteiger partial charge is 0.305 e. The van der Waals surface area contributed by atoms with Gasteiger partial charge in [-0.15, -0.1) is 0 Å². The SMILES string of the molecule is Cc1cccc(CN[C@@H](C)c2ccncc2)n1. The molecule has 0 aliphatic rings. The summed E-state index contributed by atoms with van der Waals surface area (Å²) in [6.07, 6.45) is 3.64. The molecule has 2 aromatic heterocycles. The summed E-state index contributed by atoms with van der Waals surface area (Å²) in [6.45, 7) is 4.94. The molecule has 2 aromatic rings. The van der Waals surface area contributed by atoms with Crippen molar-refractivity contribution in [3.63, 3.8) is 0 Å². The number of hydrogen-bond acceptors (Lipinski definition) is 3. The molecular formula is C14H17N3. The van der Waals surface area contributed by atoms with Crippen molar-refractivity contribution >= 4 is 0 Å². The van der Waals surface area contributed by atoms with E-state index in [-0.39, 0.29) is 0 Å². The predicted octanol–water partition coefficient (Wildman–Crippen LogP) is 2.64. The number of hydrogen-bond donors (Lipinski definition) is 1. The fourth-order valence-corrected chi connectivity index (χ4v) is 1.73. The minimum Gasteiger partial charge on any atom is -0.305 e. The molecule has 3 nitrogen and oxygen atoms in total. The first kappa shape index (κ1) is 11.7. The molecule has 0 unspecified atom stereocenters. The molecule has 2 heterocycles. The Morgan fingerprint density at radius 1 is 1.18 bits per heavy atom. The minimum atomic E-state index is 0.306. The molecule has 3 heteroatoms. The van der Waals surface area contributed by atoms with E-state index in [4.69, 9.17) is 0 Å². The average molecular weight is 227 g/mol. The molecule has 0 bridgehead atoms. The van der Waals surface area contributed by atoms with Gasteiger partial charge in [-0.1, -0.05) is 6.07 Å². The van der Waals surface area contributed by atoms with E-state index in [2.05, 4.69) is 22.2 Å². The molecule has 1 atom stereocenters. The highest BCUT2D eigenvalue weighted by molar-refractivity contribution is 5.15. The monoisotopic (exact) mass is 227 g/mol. The van der Waals surface area contributed by atoms with Crippen LogP contribution in [0.25, 0.3) is 0 Å². The van der Waals surface area contributed by atoms with Crippen LogP contribution in [0.1, 0.15) is 29.9 Å². The van der Waals surface area contributed by atoms with E-state index >= 15 is 0 Å². The second kappa shape index (κ2) is 5.55. The normalized spacial score (nSPS) is 12.4. The third-order valence-electron chi connectivity index (χ3n) is 2.74. The number of aromatic nitrogens is 2. The fourth-order valence-electron chi connectivity index (χ4n) is 1.73. The molecule has 0 aliphatic heterocycles. The highest BCUT2D eigenvalue weighted by atomic mass is 14.9. The highest BCUT2D eigenvalue weighted by Gasteiger charge is 2.04. The van der Waals surface area contributed by atoms with Gasteiger partial charge in [-0.05, 0) is 43.7 Å². The van der Waals surface area contributed by atoms with Crippen molar-refractivity contribution in [2.45, 2.75) is 26.4 Å². The number of aryl methyl sites for hydroxylation is 1. The topological polar surface area (TPSA) is 37.8 Å². The maximum atomic E-state index is 4.46. The van der Waals surface area contributed by atoms with E-state index in [1.165, 1.54) is 5.56 Å². The Hall–Kier alpha value is -1.74. The molecule has 0 amide bonds. The standard InChI is InChI=1S/C14H17N3/c1-11-4-3-5-14(17-11)10-16-12(2)13-6-8-15-9-7-13/h3-9,12,16H,10H2,1-2H3/t12-/m0/s1. The second-order valence-electron chi connectivity index (χ2n) is 4.15. The van der Waals surface area contributed by atoms with Gasteiger partial charge in [0.05, 0.1) is 5.69 Å². The lowest BCUT2D eigenvalue weighted by Gasteiger charge is -2.13. The van der Waals surface area contributed by atoms with Gasteiger partial charge in [0.2, 0.25) is 0 Å². The van der Waals surface area contributed by atoms with E-state index in [1.807, 2.05) is 49.6 Å². The van der Waals surface area contributed by atoms with Crippen molar-refractivity contribution in [1.29, 1.82) is 0 Å². The summed E-state index contributed by atoms with van der Waals surface area (Å²) in [5, 5.41) is 3.45. The summed E-state index contributed by atoms with van der Waals surface area (Å²) < 4.78 is 0. The quantitative estimate of drug-likeness (QED) is 0.872. The summed E-state index contributed by atoms with van der Waals surface area (Å²) >= 11 is 0. The van der Waals surface area contributed by atoms with Gasteiger partial charge >= 0.3 is 0 Å². The van der Waals surface area contributed by atoms with Crippen molar-refractivity contribution < 1.29 is 0 Å². The molecule has 0 saturated carbocycles. The van der Waals surface area contributed by atoms with Crippen molar-refractivity contribution in [3.05, 3.63) is 59.7 Å². The molecule has 88 valence electrons. The minimum absolute atomic E-state index is 0.306. The second-order valence-corrected chi connectivity index (χ2v) is 4.15. The lowest BCUT2D eigenvalue weighted by atomic mass is 10.1. The molecule has 0 aliphatic carbocycles. The van der Waals surface area contributed by atoms with Gasteiger partial charge in [0.15, 0.2) is 0 Å². The van der Waals surface area contributed by atoms with E-state index in [0.717, 1.165) is 17.9 Å². The first-order valence-electron chi connectivity index (χ1n) is 5.81. The molecule has 1 N–H and O–H groups in total. The molecule has 0 fully saturated rings. The number of rotatable bonds is 4. The van der Waals surface area contributed by atoms with Crippen LogP contribution in [0.4, 0.5) is 0 Å². The number of nitrogens with one attached hydrogen (secondary N) is 1. The first-order chi connectivity index (χ1) is 8.25. The Bertz CT molecular complexity index is 468. The lowest BCUT2D eigenvalue weighted by molar-refractivity contribution is 0.566. The Morgan fingerprint density at radius 3 is 2.65 bits per heavy atom. The van der Waals surface area contributed by atoms with Gasteiger partial charge in [0.25, 0.3) is 0 Å². The zero-order valence-corrected chi connectivity index (χ0v) is 10.2. The highest BCUT2D eigenvalue weighted by Crippen LogP contribution is 2.10. The van der Waals surface area contributed by atoms with Crippen LogP contribution in [-0.4, -0.2) is 9.97 Å². The maximum absolute atomic E-state index is 4.46. The van der Waals surface area contributed by atoms with Gasteiger partial charge in [-0.2, -0.15) is 0 Å². The Morgan fingerprint density at radius 2 is 1.94 bits per heavy atom. The molecule has 2 rings (SSSR count). The third kappa shape index (κ3) is 3.36. The molecule has 0 spiro atoms. The van der Waals surface area contributed by atoms with Crippen LogP contribution < -0.4 is 5.32 Å². The zero-order valence-electron chi connectivity index (χ0n) is 10.2. The lowest BCUT2D eigenvalue weighted by Crippen LogP contribution is -2.18. The van der Waals surface area contributed by atoms with Crippen molar-refractivity contribution in [3.8, 4) is 0 Å². The van der Waals surface area contributed by atoms with Gasteiger partial charge in [0.1, 0.15) is 0 Å². The van der Waals surface area contributed by atoms with Gasteiger partial charge in [-0.25, -0.2) is 0 Å². The van der Waals surface area contributed by atoms with Gasteiger partial charge in [-0.3, -0.25) is 9.97 Å². The molecule has 17 heavy (non-hydrogen) atoms. The summed E-state index contributed by atoms with van der Waals surface area (Å²) in [5.41, 5.74) is 3.37. The molecule has 0 radical (unpaired) electrons. The van der Waals surface area contributed by atoms with Crippen LogP contribution in [0.3, 0.4) is 0 Å². The molecular weight excluding hydrogens is 210 g/mol. The Kier molecular flexibility index (Phi) is 3.83. The van der Waals surface area contributed by atoms with Crippen LogP contribution in [0, 0.1) is 6.92 Å². The smallest absolute Gasteiger partial charge is 0.0545 e. The van der Waals surface area contributed by atoms with Crippen LogP contribution in [0.5, 0.6) is 0 Å². The number of nitrogens with zero attached hydrogens (tertiary/aromatic N) is 2. The van der Waals surface area contributed by atoms with Crippen LogP contribution in [0.15, 0.2) is 42.7 Å². The first-order valence-corrected chi connectivity index (χ1v) is 5.81. The van der Waals surface area contributed by atoms with Crippen molar-refractivity contribution in [2.75, 3.05) is 0 Å². The zero-order chi connectivity index (χ0) is 12.1.